The van der Waals surface area contributed by atoms with Crippen molar-refractivity contribution in [1.82, 2.24) is 14.9 Å². The standard InChI is InChI=1S/C25H28BrN5O4/c1-3-34-24-15-31(10-11-35-24)9-5-8-23(32)30-21-13-19-20(14-22(21)33-2)27-16-28-25(19)29-18-7-4-6-17(26)12-18/h4-8,12-14,16,24H,3,9-11,15H2,1-2H3,(H,30,32)(H,27,28,29). The number of hydrogen-bond donors (Lipinski definition) is 2. The van der Waals surface area contributed by atoms with Crippen LogP contribution in [0.1, 0.15) is 6.92 Å². The zero-order valence-electron chi connectivity index (χ0n) is 19.7. The fraction of sp³-hybridized carbons (Fsp3) is 0.320. The summed E-state index contributed by atoms with van der Waals surface area (Å²) >= 11 is 3.48. The first-order valence-corrected chi connectivity index (χ1v) is 12.1. The Morgan fingerprint density at radius 1 is 1.31 bits per heavy atom. The summed E-state index contributed by atoms with van der Waals surface area (Å²) < 4.78 is 17.6. The smallest absolute Gasteiger partial charge is 0.248 e. The number of benzene rings is 2. The molecule has 1 aliphatic rings. The minimum absolute atomic E-state index is 0.222. The summed E-state index contributed by atoms with van der Waals surface area (Å²) in [6.07, 6.45) is 4.63. The lowest BCUT2D eigenvalue weighted by atomic mass is 10.2. The van der Waals surface area contributed by atoms with Crippen LogP contribution >= 0.6 is 15.9 Å². The molecule has 1 aliphatic heterocycles. The maximum Gasteiger partial charge on any atom is 0.248 e. The summed E-state index contributed by atoms with van der Waals surface area (Å²) in [4.78, 5) is 23.6. The maximum absolute atomic E-state index is 12.7. The summed E-state index contributed by atoms with van der Waals surface area (Å²) in [6.45, 7) is 5.25. The molecule has 1 amide bonds. The molecule has 2 heterocycles. The molecule has 0 aliphatic carbocycles. The number of carbonyl (C=O) groups is 1. The zero-order valence-corrected chi connectivity index (χ0v) is 21.2. The molecule has 1 aromatic heterocycles. The number of morpholine rings is 1. The Hall–Kier alpha value is -3.05. The van der Waals surface area contributed by atoms with Crippen LogP contribution in [0.2, 0.25) is 0 Å². The number of amides is 1. The van der Waals surface area contributed by atoms with Crippen molar-refractivity contribution in [2.24, 2.45) is 0 Å². The molecule has 184 valence electrons. The Labute approximate surface area is 212 Å². The highest BCUT2D eigenvalue weighted by molar-refractivity contribution is 9.10. The van der Waals surface area contributed by atoms with Crippen molar-refractivity contribution in [2.75, 3.05) is 50.6 Å². The van der Waals surface area contributed by atoms with Crippen LogP contribution in [0.3, 0.4) is 0 Å². The number of halogens is 1. The van der Waals surface area contributed by atoms with E-state index in [4.69, 9.17) is 14.2 Å². The van der Waals surface area contributed by atoms with E-state index in [2.05, 4.69) is 41.4 Å². The normalized spacial score (nSPS) is 16.5. The molecule has 1 unspecified atom stereocenters. The van der Waals surface area contributed by atoms with Gasteiger partial charge in [0.15, 0.2) is 6.29 Å². The Balaban J connectivity index is 1.47. The molecule has 2 aromatic carbocycles. The lowest BCUT2D eigenvalue weighted by molar-refractivity contribution is -0.175. The predicted octanol–water partition coefficient (Wildman–Crippen LogP) is 4.33. The number of aromatic nitrogens is 2. The van der Waals surface area contributed by atoms with Gasteiger partial charge in [-0.2, -0.15) is 0 Å². The molecular weight excluding hydrogens is 514 g/mol. The van der Waals surface area contributed by atoms with Gasteiger partial charge in [0.25, 0.3) is 0 Å². The van der Waals surface area contributed by atoms with Crippen LogP contribution in [-0.2, 0) is 14.3 Å². The van der Waals surface area contributed by atoms with Crippen LogP contribution in [0.15, 0.2) is 59.4 Å². The third-order valence-corrected chi connectivity index (χ3v) is 5.90. The van der Waals surface area contributed by atoms with Gasteiger partial charge in [-0.05, 0) is 31.2 Å². The van der Waals surface area contributed by atoms with Crippen LogP contribution in [-0.4, -0.2) is 67.0 Å². The first-order chi connectivity index (χ1) is 17.1. The second-order valence-corrected chi connectivity index (χ2v) is 8.75. The van der Waals surface area contributed by atoms with Crippen molar-refractivity contribution in [3.05, 3.63) is 59.4 Å². The van der Waals surface area contributed by atoms with Crippen molar-refractivity contribution < 1.29 is 19.0 Å². The van der Waals surface area contributed by atoms with Gasteiger partial charge in [-0.3, -0.25) is 9.69 Å². The van der Waals surface area contributed by atoms with E-state index in [1.54, 1.807) is 13.2 Å². The van der Waals surface area contributed by atoms with E-state index in [9.17, 15) is 4.79 Å². The second kappa shape index (κ2) is 12.1. The molecule has 10 heteroatoms. The molecule has 0 radical (unpaired) electrons. The maximum atomic E-state index is 12.7. The number of rotatable bonds is 9. The second-order valence-electron chi connectivity index (χ2n) is 7.83. The quantitative estimate of drug-likeness (QED) is 0.386. The molecule has 4 rings (SSSR count). The van der Waals surface area contributed by atoms with E-state index in [0.29, 0.717) is 49.1 Å². The van der Waals surface area contributed by atoms with Crippen molar-refractivity contribution in [2.45, 2.75) is 13.2 Å². The van der Waals surface area contributed by atoms with E-state index >= 15 is 0 Å². The summed E-state index contributed by atoms with van der Waals surface area (Å²) in [7, 11) is 1.56. The Bertz CT molecular complexity index is 1200. The molecule has 0 bridgehead atoms. The lowest BCUT2D eigenvalue weighted by Crippen LogP contribution is -2.43. The number of methoxy groups -OCH3 is 1. The largest absolute Gasteiger partial charge is 0.494 e. The molecule has 0 saturated carbocycles. The van der Waals surface area contributed by atoms with Gasteiger partial charge in [-0.1, -0.05) is 28.1 Å². The molecule has 1 saturated heterocycles. The van der Waals surface area contributed by atoms with Crippen molar-refractivity contribution >= 4 is 49.9 Å². The van der Waals surface area contributed by atoms with Crippen LogP contribution in [0.5, 0.6) is 5.75 Å². The highest BCUT2D eigenvalue weighted by Gasteiger charge is 2.19. The Morgan fingerprint density at radius 3 is 3.00 bits per heavy atom. The topological polar surface area (TPSA) is 97.8 Å². The van der Waals surface area contributed by atoms with E-state index in [1.165, 1.54) is 12.4 Å². The minimum Gasteiger partial charge on any atom is -0.494 e. The average Bonchev–Trinajstić information content (AvgIpc) is 2.84. The van der Waals surface area contributed by atoms with Crippen molar-refractivity contribution in [3.63, 3.8) is 0 Å². The molecule has 35 heavy (non-hydrogen) atoms. The van der Waals surface area contributed by atoms with Gasteiger partial charge < -0.3 is 24.8 Å². The number of ether oxygens (including phenoxy) is 3. The molecule has 2 N–H and O–H groups in total. The highest BCUT2D eigenvalue weighted by atomic mass is 79.9. The van der Waals surface area contributed by atoms with Gasteiger partial charge in [0.1, 0.15) is 17.9 Å². The van der Waals surface area contributed by atoms with E-state index in [0.717, 1.165) is 22.1 Å². The third kappa shape index (κ3) is 6.76. The van der Waals surface area contributed by atoms with Crippen molar-refractivity contribution in [1.29, 1.82) is 0 Å². The van der Waals surface area contributed by atoms with Gasteiger partial charge in [-0.25, -0.2) is 9.97 Å². The number of anilines is 3. The summed E-state index contributed by atoms with van der Waals surface area (Å²) in [5.41, 5.74) is 2.10. The van der Waals surface area contributed by atoms with Crippen LogP contribution in [0, 0.1) is 0 Å². The summed E-state index contributed by atoms with van der Waals surface area (Å²) in [6, 6.07) is 11.4. The van der Waals surface area contributed by atoms with Crippen LogP contribution in [0.25, 0.3) is 10.9 Å². The van der Waals surface area contributed by atoms with Gasteiger partial charge in [0.2, 0.25) is 5.91 Å². The molecule has 3 aromatic rings. The first-order valence-electron chi connectivity index (χ1n) is 11.3. The van der Waals surface area contributed by atoms with Crippen LogP contribution in [0.4, 0.5) is 17.2 Å². The first kappa shape index (κ1) is 25.1. The monoisotopic (exact) mass is 541 g/mol. The molecule has 9 nitrogen and oxygen atoms in total. The third-order valence-electron chi connectivity index (χ3n) is 5.41. The van der Waals surface area contributed by atoms with Crippen LogP contribution < -0.4 is 15.4 Å². The summed E-state index contributed by atoms with van der Waals surface area (Å²) in [5, 5.41) is 6.98. The fourth-order valence-corrected chi connectivity index (χ4v) is 4.16. The predicted molar refractivity (Wildman–Crippen MR) is 139 cm³/mol. The average molecular weight is 542 g/mol. The van der Waals surface area contributed by atoms with Gasteiger partial charge in [-0.15, -0.1) is 0 Å². The molecule has 1 atom stereocenters. The van der Waals surface area contributed by atoms with Crippen molar-refractivity contribution in [3.8, 4) is 5.75 Å². The number of nitrogens with zero attached hydrogens (tertiary/aromatic N) is 3. The molecule has 0 spiro atoms. The highest BCUT2D eigenvalue weighted by Crippen LogP contribution is 2.33. The number of carbonyl (C=O) groups excluding carboxylic acids is 1. The zero-order chi connectivity index (χ0) is 24.6. The molecule has 1 fully saturated rings. The van der Waals surface area contributed by atoms with Gasteiger partial charge in [0.05, 0.1) is 24.9 Å². The van der Waals surface area contributed by atoms with E-state index < -0.39 is 0 Å². The van der Waals surface area contributed by atoms with E-state index in [1.807, 2.05) is 43.3 Å². The lowest BCUT2D eigenvalue weighted by Gasteiger charge is -2.31. The van der Waals surface area contributed by atoms with Gasteiger partial charge >= 0.3 is 0 Å². The number of nitrogens with one attached hydrogen (secondary N) is 2. The number of hydrogen-bond acceptors (Lipinski definition) is 8. The fourth-order valence-electron chi connectivity index (χ4n) is 3.76. The number of fused-ring (bicyclic) bond motifs is 1. The Kier molecular flexibility index (Phi) is 8.64. The van der Waals surface area contributed by atoms with Gasteiger partial charge in [0, 0.05) is 53.9 Å². The molecular formula is C25H28BrN5O4. The summed E-state index contributed by atoms with van der Waals surface area (Å²) in [5.74, 6) is 0.882. The SMILES string of the molecule is CCOC1CN(CC=CC(=O)Nc2cc3c(Nc4cccc(Br)c4)ncnc3cc2OC)CCO1. The Morgan fingerprint density at radius 2 is 2.20 bits per heavy atom. The minimum atomic E-state index is -0.254. The van der Waals surface area contributed by atoms with E-state index in [-0.39, 0.29) is 12.2 Å².